The molecule has 5 nitrogen and oxygen atoms in total. The van der Waals surface area contributed by atoms with E-state index in [-0.39, 0.29) is 5.97 Å². The van der Waals surface area contributed by atoms with E-state index in [1.807, 2.05) is 29.7 Å². The Morgan fingerprint density at radius 3 is 3.14 bits per heavy atom. The highest BCUT2D eigenvalue weighted by molar-refractivity contribution is 5.96. The molecule has 1 fully saturated rings. The minimum absolute atomic E-state index is 0.366. The zero-order valence-corrected chi connectivity index (χ0v) is 12.6. The Labute approximate surface area is 124 Å². The monoisotopic (exact) mass is 287 g/mol. The van der Waals surface area contributed by atoms with Crippen LogP contribution in [0, 0.1) is 12.8 Å². The van der Waals surface area contributed by atoms with Gasteiger partial charge in [0.2, 0.25) is 0 Å². The molecule has 1 saturated heterocycles. The van der Waals surface area contributed by atoms with Crippen molar-refractivity contribution in [3.8, 4) is 0 Å². The number of hydrogen-bond donors (Lipinski definition) is 1. The number of esters is 1. The number of aryl methyl sites for hydroxylation is 1. The van der Waals surface area contributed by atoms with Crippen LogP contribution in [0.2, 0.25) is 0 Å². The predicted octanol–water partition coefficient (Wildman–Crippen LogP) is 1.97. The van der Waals surface area contributed by atoms with Crippen molar-refractivity contribution >= 4 is 11.5 Å². The number of nitrogens with zero attached hydrogens (tertiary/aromatic N) is 2. The van der Waals surface area contributed by atoms with Crippen LogP contribution in [0.3, 0.4) is 0 Å². The maximum atomic E-state index is 12.0. The highest BCUT2D eigenvalue weighted by Crippen LogP contribution is 2.22. The molecule has 21 heavy (non-hydrogen) atoms. The van der Waals surface area contributed by atoms with Crippen molar-refractivity contribution in [1.82, 2.24) is 14.7 Å². The molecule has 1 unspecified atom stereocenters. The van der Waals surface area contributed by atoms with Gasteiger partial charge in [-0.1, -0.05) is 6.07 Å². The molecule has 112 valence electrons. The van der Waals surface area contributed by atoms with E-state index in [1.165, 1.54) is 20.0 Å². The molecule has 3 rings (SSSR count). The number of fused-ring (bicyclic) bond motifs is 1. The van der Waals surface area contributed by atoms with Gasteiger partial charge >= 0.3 is 5.97 Å². The Kier molecular flexibility index (Phi) is 3.92. The second-order valence-corrected chi connectivity index (χ2v) is 5.69. The van der Waals surface area contributed by atoms with Gasteiger partial charge in [-0.25, -0.2) is 9.78 Å². The first-order valence-electron chi connectivity index (χ1n) is 7.46. The molecule has 0 bridgehead atoms. The molecular weight excluding hydrogens is 266 g/mol. The van der Waals surface area contributed by atoms with E-state index >= 15 is 0 Å². The fraction of sp³-hybridized carbons (Fsp3) is 0.500. The minimum Gasteiger partial charge on any atom is -0.464 e. The van der Waals surface area contributed by atoms with Gasteiger partial charge in [-0.3, -0.25) is 0 Å². The van der Waals surface area contributed by atoms with Crippen molar-refractivity contribution in [3.05, 3.63) is 35.4 Å². The topological polar surface area (TPSA) is 55.6 Å². The number of nitrogens with one attached hydrogen (secondary N) is 1. The number of hydrogen-bond acceptors (Lipinski definition) is 4. The number of rotatable bonds is 3. The molecule has 2 aromatic heterocycles. The summed E-state index contributed by atoms with van der Waals surface area (Å²) in [6, 6.07) is 3.99. The normalized spacial score (nSPS) is 18.9. The molecule has 0 spiro atoms. The van der Waals surface area contributed by atoms with E-state index in [9.17, 15) is 4.79 Å². The van der Waals surface area contributed by atoms with E-state index < -0.39 is 0 Å². The molecule has 0 aromatic carbocycles. The number of pyridine rings is 1. The Balaban J connectivity index is 2.02. The smallest absolute Gasteiger partial charge is 0.358 e. The SMILES string of the molecule is COC(=O)c1nc(CC2CCCNC2)n2cccc(C)c12. The lowest BCUT2D eigenvalue weighted by molar-refractivity contribution is 0.0596. The summed E-state index contributed by atoms with van der Waals surface area (Å²) in [5.74, 6) is 1.16. The van der Waals surface area contributed by atoms with Gasteiger partial charge in [0.1, 0.15) is 5.82 Å². The van der Waals surface area contributed by atoms with Crippen LogP contribution in [-0.2, 0) is 11.2 Å². The summed E-state index contributed by atoms with van der Waals surface area (Å²) in [4.78, 5) is 16.6. The molecule has 0 radical (unpaired) electrons. The minimum atomic E-state index is -0.366. The molecule has 0 aliphatic carbocycles. The number of carbonyl (C=O) groups is 1. The van der Waals surface area contributed by atoms with E-state index in [1.54, 1.807) is 0 Å². The molecule has 1 aliphatic heterocycles. The van der Waals surface area contributed by atoms with Crippen LogP contribution in [0.4, 0.5) is 0 Å². The van der Waals surface area contributed by atoms with Crippen molar-refractivity contribution < 1.29 is 9.53 Å². The molecule has 5 heteroatoms. The van der Waals surface area contributed by atoms with Gasteiger partial charge in [-0.15, -0.1) is 0 Å². The van der Waals surface area contributed by atoms with Crippen LogP contribution >= 0.6 is 0 Å². The summed E-state index contributed by atoms with van der Waals surface area (Å²) >= 11 is 0. The van der Waals surface area contributed by atoms with Gasteiger partial charge in [-0.2, -0.15) is 0 Å². The lowest BCUT2D eigenvalue weighted by atomic mass is 9.96. The van der Waals surface area contributed by atoms with Crippen molar-refractivity contribution in [2.75, 3.05) is 20.2 Å². The summed E-state index contributed by atoms with van der Waals surface area (Å²) in [7, 11) is 1.40. The summed E-state index contributed by atoms with van der Waals surface area (Å²) in [5.41, 5.74) is 2.33. The first-order valence-corrected chi connectivity index (χ1v) is 7.46. The number of methoxy groups -OCH3 is 1. The van der Waals surface area contributed by atoms with Gasteiger partial charge in [0.15, 0.2) is 5.69 Å². The van der Waals surface area contributed by atoms with E-state index in [2.05, 4.69) is 10.3 Å². The van der Waals surface area contributed by atoms with E-state index in [0.717, 1.165) is 36.4 Å². The standard InChI is InChI=1S/C16H21N3O2/c1-11-5-4-8-19-13(9-12-6-3-7-17-10-12)18-14(15(11)19)16(20)21-2/h4-5,8,12,17H,3,6-7,9-10H2,1-2H3. The molecule has 0 amide bonds. The van der Waals surface area contributed by atoms with Gasteiger partial charge in [0.25, 0.3) is 0 Å². The second kappa shape index (κ2) is 5.85. The summed E-state index contributed by atoms with van der Waals surface area (Å²) in [6.45, 7) is 4.12. The van der Waals surface area contributed by atoms with Crippen molar-refractivity contribution in [2.24, 2.45) is 5.92 Å². The zero-order chi connectivity index (χ0) is 14.8. The fourth-order valence-corrected chi connectivity index (χ4v) is 3.11. The van der Waals surface area contributed by atoms with Crippen molar-refractivity contribution in [1.29, 1.82) is 0 Å². The predicted molar refractivity (Wildman–Crippen MR) is 80.6 cm³/mol. The summed E-state index contributed by atoms with van der Waals surface area (Å²) in [5, 5.41) is 3.43. The highest BCUT2D eigenvalue weighted by atomic mass is 16.5. The van der Waals surface area contributed by atoms with Crippen molar-refractivity contribution in [3.63, 3.8) is 0 Å². The average Bonchev–Trinajstić information content (AvgIpc) is 2.88. The first kappa shape index (κ1) is 14.1. The fourth-order valence-electron chi connectivity index (χ4n) is 3.11. The molecule has 1 aliphatic rings. The van der Waals surface area contributed by atoms with E-state index in [4.69, 9.17) is 4.74 Å². The largest absolute Gasteiger partial charge is 0.464 e. The van der Waals surface area contributed by atoms with Gasteiger partial charge in [-0.05, 0) is 50.4 Å². The quantitative estimate of drug-likeness (QED) is 0.877. The van der Waals surface area contributed by atoms with Gasteiger partial charge in [0, 0.05) is 12.6 Å². The molecule has 2 aromatic rings. The Hall–Kier alpha value is -1.88. The third-order valence-electron chi connectivity index (χ3n) is 4.19. The third kappa shape index (κ3) is 2.65. The number of piperidine rings is 1. The molecule has 3 heterocycles. The van der Waals surface area contributed by atoms with Gasteiger partial charge in [0.05, 0.1) is 12.6 Å². The zero-order valence-electron chi connectivity index (χ0n) is 12.6. The van der Waals surface area contributed by atoms with Crippen LogP contribution in [0.15, 0.2) is 18.3 Å². The maximum absolute atomic E-state index is 12.0. The Morgan fingerprint density at radius 1 is 1.57 bits per heavy atom. The third-order valence-corrected chi connectivity index (χ3v) is 4.19. The van der Waals surface area contributed by atoms with Crippen LogP contribution in [0.1, 0.15) is 34.7 Å². The molecule has 0 saturated carbocycles. The first-order chi connectivity index (χ1) is 10.2. The Bertz CT molecular complexity index is 657. The number of ether oxygens (including phenoxy) is 1. The van der Waals surface area contributed by atoms with Crippen LogP contribution < -0.4 is 5.32 Å². The Morgan fingerprint density at radius 2 is 2.43 bits per heavy atom. The molecule has 1 atom stereocenters. The van der Waals surface area contributed by atoms with Crippen LogP contribution in [0.25, 0.3) is 5.52 Å². The lowest BCUT2D eigenvalue weighted by Crippen LogP contribution is -2.31. The van der Waals surface area contributed by atoms with Gasteiger partial charge < -0.3 is 14.5 Å². The van der Waals surface area contributed by atoms with Crippen LogP contribution in [-0.4, -0.2) is 35.6 Å². The van der Waals surface area contributed by atoms with E-state index in [0.29, 0.717) is 11.6 Å². The number of aromatic nitrogens is 2. The average molecular weight is 287 g/mol. The highest BCUT2D eigenvalue weighted by Gasteiger charge is 2.22. The summed E-state index contributed by atoms with van der Waals surface area (Å²) < 4.78 is 6.91. The molecular formula is C16H21N3O2. The number of imidazole rings is 1. The number of carbonyl (C=O) groups excluding carboxylic acids is 1. The maximum Gasteiger partial charge on any atom is 0.358 e. The van der Waals surface area contributed by atoms with Crippen LogP contribution in [0.5, 0.6) is 0 Å². The second-order valence-electron chi connectivity index (χ2n) is 5.69. The molecule has 1 N–H and O–H groups in total. The lowest BCUT2D eigenvalue weighted by Gasteiger charge is -2.22. The summed E-state index contributed by atoms with van der Waals surface area (Å²) in [6.07, 6.45) is 5.28. The van der Waals surface area contributed by atoms with Crippen molar-refractivity contribution in [2.45, 2.75) is 26.2 Å².